The minimum absolute atomic E-state index is 0.0212. The summed E-state index contributed by atoms with van der Waals surface area (Å²) in [5, 5.41) is -0.163. The second-order valence-corrected chi connectivity index (χ2v) is 16.2. The van der Waals surface area contributed by atoms with Crippen molar-refractivity contribution >= 4 is 33.2 Å². The molecule has 1 saturated carbocycles. The predicted octanol–water partition coefficient (Wildman–Crippen LogP) is 5.92. The summed E-state index contributed by atoms with van der Waals surface area (Å²) < 4.78 is 47.5. The number of carbonyl (C=O) groups excluding carboxylic acids is 1. The zero-order chi connectivity index (χ0) is 32.0. The second-order valence-electron chi connectivity index (χ2n) is 13.9. The lowest BCUT2D eigenvalue weighted by Crippen LogP contribution is -2.54. The van der Waals surface area contributed by atoms with Gasteiger partial charge in [0.05, 0.1) is 25.0 Å². The fourth-order valence-electron chi connectivity index (χ4n) is 8.17. The Hall–Kier alpha value is -2.59. The third kappa shape index (κ3) is 6.13. The maximum absolute atomic E-state index is 13.6. The van der Waals surface area contributed by atoms with Crippen LogP contribution in [0.4, 0.5) is 5.69 Å². The summed E-state index contributed by atoms with van der Waals surface area (Å²) in [6, 6.07) is 11.5. The summed E-state index contributed by atoms with van der Waals surface area (Å²) in [5.74, 6) is 0.0394. The summed E-state index contributed by atoms with van der Waals surface area (Å²) in [7, 11) is -0.813. The smallest absolute Gasteiger partial charge is 0.264 e. The van der Waals surface area contributed by atoms with Crippen LogP contribution in [0.1, 0.15) is 67.4 Å². The Morgan fingerprint density at radius 3 is 2.69 bits per heavy atom. The SMILES string of the molecule is COC[C@H]1[C@@H](C)C/C=C/[C@H](OC)[C@@H]2CCC2(C)CN2C[C@@]3(CCCc4cc(Cl)ccc43)COc3ccc(cc32)C(=O)NS1(=O)=O. The highest BCUT2D eigenvalue weighted by atomic mass is 35.5. The van der Waals surface area contributed by atoms with E-state index in [1.807, 2.05) is 25.1 Å². The first-order valence-electron chi connectivity index (χ1n) is 16.0. The van der Waals surface area contributed by atoms with E-state index < -0.39 is 21.2 Å². The molecule has 10 heteroatoms. The molecule has 2 aromatic carbocycles. The van der Waals surface area contributed by atoms with E-state index >= 15 is 0 Å². The third-order valence-corrected chi connectivity index (χ3v) is 13.0. The van der Waals surface area contributed by atoms with Gasteiger partial charge in [-0.1, -0.05) is 43.7 Å². The number of benzene rings is 2. The highest BCUT2D eigenvalue weighted by molar-refractivity contribution is 7.90. The largest absolute Gasteiger partial charge is 0.490 e. The molecule has 2 aliphatic heterocycles. The molecule has 2 heterocycles. The minimum atomic E-state index is -4.04. The fraction of sp³-hybridized carbons (Fsp3) is 0.571. The number of carbonyl (C=O) groups is 1. The topological polar surface area (TPSA) is 94.2 Å². The van der Waals surface area contributed by atoms with Gasteiger partial charge in [0.15, 0.2) is 0 Å². The molecule has 244 valence electrons. The Labute approximate surface area is 272 Å². The lowest BCUT2D eigenvalue weighted by atomic mass is 9.58. The second kappa shape index (κ2) is 12.5. The molecule has 0 saturated heterocycles. The maximum Gasteiger partial charge on any atom is 0.264 e. The Bertz CT molecular complexity index is 1580. The lowest BCUT2D eigenvalue weighted by molar-refractivity contribution is -0.0438. The average Bonchev–Trinajstić information content (AvgIpc) is 3.14. The van der Waals surface area contributed by atoms with Gasteiger partial charge in [-0.05, 0) is 97.2 Å². The van der Waals surface area contributed by atoms with Crippen molar-refractivity contribution in [1.29, 1.82) is 0 Å². The molecule has 6 atom stereocenters. The van der Waals surface area contributed by atoms with Gasteiger partial charge in [-0.15, -0.1) is 0 Å². The van der Waals surface area contributed by atoms with Gasteiger partial charge in [-0.3, -0.25) is 4.79 Å². The van der Waals surface area contributed by atoms with E-state index in [-0.39, 0.29) is 40.9 Å². The van der Waals surface area contributed by atoms with Gasteiger partial charge in [0.2, 0.25) is 10.0 Å². The molecule has 2 bridgehead atoms. The molecular formula is C35H45ClN2O6S. The Balaban J connectivity index is 1.45. The van der Waals surface area contributed by atoms with E-state index in [1.165, 1.54) is 18.2 Å². The molecule has 1 unspecified atom stereocenters. The highest BCUT2D eigenvalue weighted by Crippen LogP contribution is 2.52. The first kappa shape index (κ1) is 32.4. The molecule has 2 aliphatic carbocycles. The summed E-state index contributed by atoms with van der Waals surface area (Å²) in [6.07, 6.45) is 9.63. The number of rotatable bonds is 3. The number of hydrogen-bond donors (Lipinski definition) is 1. The number of aryl methyl sites for hydroxylation is 1. The summed E-state index contributed by atoms with van der Waals surface area (Å²) in [5.41, 5.74) is 3.31. The molecule has 45 heavy (non-hydrogen) atoms. The van der Waals surface area contributed by atoms with E-state index in [2.05, 4.69) is 34.8 Å². The van der Waals surface area contributed by atoms with Crippen LogP contribution in [0.3, 0.4) is 0 Å². The summed E-state index contributed by atoms with van der Waals surface area (Å²) in [4.78, 5) is 16.0. The van der Waals surface area contributed by atoms with Crippen LogP contribution in [0.15, 0.2) is 48.6 Å². The molecule has 1 amide bonds. The van der Waals surface area contributed by atoms with Crippen LogP contribution in [-0.2, 0) is 31.3 Å². The predicted molar refractivity (Wildman–Crippen MR) is 177 cm³/mol. The zero-order valence-corrected chi connectivity index (χ0v) is 28.3. The van der Waals surface area contributed by atoms with Crippen molar-refractivity contribution < 1.29 is 27.4 Å². The van der Waals surface area contributed by atoms with Crippen molar-refractivity contribution in [3.8, 4) is 5.75 Å². The quantitative estimate of drug-likeness (QED) is 0.410. The molecule has 1 spiro atoms. The molecular weight excluding hydrogens is 612 g/mol. The van der Waals surface area contributed by atoms with Crippen LogP contribution in [0.25, 0.3) is 0 Å². The van der Waals surface area contributed by atoms with Crippen LogP contribution in [-0.4, -0.2) is 66.2 Å². The lowest BCUT2D eigenvalue weighted by Gasteiger charge is -2.53. The molecule has 8 nitrogen and oxygen atoms in total. The van der Waals surface area contributed by atoms with Gasteiger partial charge >= 0.3 is 0 Å². The van der Waals surface area contributed by atoms with E-state index in [0.717, 1.165) is 49.4 Å². The Kier molecular flexibility index (Phi) is 9.02. The summed E-state index contributed by atoms with van der Waals surface area (Å²) >= 11 is 6.43. The number of methoxy groups -OCH3 is 2. The number of nitrogens with zero attached hydrogens (tertiary/aromatic N) is 1. The van der Waals surface area contributed by atoms with E-state index in [4.69, 9.17) is 25.8 Å². The molecule has 1 fully saturated rings. The van der Waals surface area contributed by atoms with Crippen molar-refractivity contribution in [2.45, 2.75) is 69.1 Å². The van der Waals surface area contributed by atoms with Crippen molar-refractivity contribution in [2.75, 3.05) is 45.4 Å². The number of nitrogens with one attached hydrogen (secondary N) is 1. The Morgan fingerprint density at radius 1 is 1.13 bits per heavy atom. The first-order chi connectivity index (χ1) is 21.5. The van der Waals surface area contributed by atoms with Crippen molar-refractivity contribution in [2.24, 2.45) is 17.3 Å². The number of anilines is 1. The monoisotopic (exact) mass is 656 g/mol. The highest BCUT2D eigenvalue weighted by Gasteiger charge is 2.50. The van der Waals surface area contributed by atoms with Crippen LogP contribution < -0.4 is 14.4 Å². The van der Waals surface area contributed by atoms with E-state index in [9.17, 15) is 13.2 Å². The van der Waals surface area contributed by atoms with Gasteiger partial charge in [0.25, 0.3) is 5.91 Å². The third-order valence-electron chi connectivity index (χ3n) is 10.9. The van der Waals surface area contributed by atoms with Gasteiger partial charge < -0.3 is 19.1 Å². The van der Waals surface area contributed by atoms with Gasteiger partial charge in [0.1, 0.15) is 11.0 Å². The molecule has 0 aromatic heterocycles. The summed E-state index contributed by atoms with van der Waals surface area (Å²) in [6.45, 7) is 6.17. The normalized spacial score (nSPS) is 33.5. The molecule has 4 aliphatic rings. The number of fused-ring (bicyclic) bond motifs is 4. The zero-order valence-electron chi connectivity index (χ0n) is 26.7. The maximum atomic E-state index is 13.6. The molecule has 0 radical (unpaired) electrons. The number of halogens is 1. The Morgan fingerprint density at radius 2 is 1.96 bits per heavy atom. The van der Waals surface area contributed by atoms with Gasteiger partial charge in [0, 0.05) is 43.3 Å². The number of allylic oxidation sites excluding steroid dienone is 1. The molecule has 6 rings (SSSR count). The number of hydrogen-bond acceptors (Lipinski definition) is 7. The van der Waals surface area contributed by atoms with E-state index in [1.54, 1.807) is 19.2 Å². The average molecular weight is 657 g/mol. The van der Waals surface area contributed by atoms with Crippen molar-refractivity contribution in [3.05, 3.63) is 70.3 Å². The van der Waals surface area contributed by atoms with E-state index in [0.29, 0.717) is 25.3 Å². The van der Waals surface area contributed by atoms with Gasteiger partial charge in [-0.2, -0.15) is 0 Å². The molecule has 1 N–H and O–H groups in total. The van der Waals surface area contributed by atoms with Crippen molar-refractivity contribution in [3.63, 3.8) is 0 Å². The van der Waals surface area contributed by atoms with Crippen molar-refractivity contribution in [1.82, 2.24) is 4.72 Å². The van der Waals surface area contributed by atoms with Crippen LogP contribution in [0.2, 0.25) is 5.02 Å². The number of ether oxygens (including phenoxy) is 3. The first-order valence-corrected chi connectivity index (χ1v) is 18.0. The minimum Gasteiger partial charge on any atom is -0.490 e. The van der Waals surface area contributed by atoms with Crippen LogP contribution in [0.5, 0.6) is 5.75 Å². The number of amides is 1. The number of sulfonamides is 1. The fourth-order valence-corrected chi connectivity index (χ4v) is 9.93. The van der Waals surface area contributed by atoms with Gasteiger partial charge in [-0.25, -0.2) is 13.1 Å². The standard InChI is InChI=1S/C35H45ClN2O6S/c1-23-7-5-9-30(43-4)28-14-16-34(28,2)20-38-21-35(15-6-8-24-17-26(36)11-12-27(24)35)22-44-31-13-10-25(18-29(31)38)33(39)37-45(40,41)32(23)19-42-3/h5,9-13,17-18,23,28,30,32H,6-8,14-16,19-22H2,1-4H3,(H,37,39)/b9-5+/t23-,28-,30-,32-,34?,35-/m0/s1. The van der Waals surface area contributed by atoms with Crippen LogP contribution in [0, 0.1) is 17.3 Å². The molecule has 2 aromatic rings. The van der Waals surface area contributed by atoms with Crippen LogP contribution >= 0.6 is 11.6 Å².